The molecule has 0 aromatic carbocycles. The van der Waals surface area contributed by atoms with Gasteiger partial charge in [0.25, 0.3) is 0 Å². The van der Waals surface area contributed by atoms with Crippen LogP contribution in [0.4, 0.5) is 8.78 Å². The first kappa shape index (κ1) is 13.8. The molecule has 0 aromatic heterocycles. The molecule has 7 nitrogen and oxygen atoms in total. The third-order valence-electron chi connectivity index (χ3n) is 1.23. The van der Waals surface area contributed by atoms with Gasteiger partial charge in [-0.2, -0.15) is 8.78 Å². The Kier molecular flexibility index (Phi) is 4.22. The molecule has 2 unspecified atom stereocenters. The predicted molar refractivity (Wildman–Crippen MR) is 37.4 cm³/mol. The second kappa shape index (κ2) is 4.57. The number of esters is 2. The van der Waals surface area contributed by atoms with E-state index in [-0.39, 0.29) is 0 Å². The normalized spacial score (nSPS) is 18.8. The van der Waals surface area contributed by atoms with Crippen LogP contribution in [0.25, 0.3) is 0 Å². The SMILES string of the molecule is O=C(OC(=O)C(O)(F)CO)C(O)(F)CO. The van der Waals surface area contributed by atoms with Gasteiger partial charge in [0.1, 0.15) is 13.2 Å². The van der Waals surface area contributed by atoms with Gasteiger partial charge in [0, 0.05) is 0 Å². The number of alkyl halides is 2. The lowest BCUT2D eigenvalue weighted by molar-refractivity contribution is -0.215. The summed E-state index contributed by atoms with van der Waals surface area (Å²) in [6, 6.07) is 0. The van der Waals surface area contributed by atoms with E-state index in [4.69, 9.17) is 20.4 Å². The van der Waals surface area contributed by atoms with Gasteiger partial charge in [-0.3, -0.25) is 0 Å². The predicted octanol–water partition coefficient (Wildman–Crippen LogP) is -2.64. The Bertz CT molecular complexity index is 236. The molecule has 4 N–H and O–H groups in total. The van der Waals surface area contributed by atoms with E-state index in [0.717, 1.165) is 0 Å². The van der Waals surface area contributed by atoms with Crippen molar-refractivity contribution in [2.45, 2.75) is 11.7 Å². The Morgan fingerprint density at radius 1 is 1.00 bits per heavy atom. The van der Waals surface area contributed by atoms with Gasteiger partial charge in [0.15, 0.2) is 0 Å². The van der Waals surface area contributed by atoms with E-state index in [2.05, 4.69) is 4.74 Å². The van der Waals surface area contributed by atoms with E-state index in [9.17, 15) is 18.4 Å². The summed E-state index contributed by atoms with van der Waals surface area (Å²) in [5.74, 6) is -12.4. The first-order valence-electron chi connectivity index (χ1n) is 3.48. The largest absolute Gasteiger partial charge is 0.390 e. The summed E-state index contributed by atoms with van der Waals surface area (Å²) in [7, 11) is 0. The lowest BCUT2D eigenvalue weighted by Crippen LogP contribution is -2.46. The van der Waals surface area contributed by atoms with Crippen LogP contribution in [0.2, 0.25) is 0 Å². The molecule has 0 aliphatic rings. The number of hydrogen-bond donors (Lipinski definition) is 4. The minimum absolute atomic E-state index is 1.72. The molecule has 0 heterocycles. The molecule has 0 aliphatic carbocycles. The van der Waals surface area contributed by atoms with Gasteiger partial charge in [-0.15, -0.1) is 0 Å². The molecule has 0 saturated carbocycles. The number of halogens is 2. The van der Waals surface area contributed by atoms with Crippen molar-refractivity contribution in [1.82, 2.24) is 0 Å². The molecule has 0 saturated heterocycles. The second-order valence-corrected chi connectivity index (χ2v) is 2.51. The second-order valence-electron chi connectivity index (χ2n) is 2.51. The highest BCUT2D eigenvalue weighted by Gasteiger charge is 2.44. The van der Waals surface area contributed by atoms with Gasteiger partial charge < -0.3 is 25.2 Å². The molecule has 0 bridgehead atoms. The molecule has 2 atom stereocenters. The van der Waals surface area contributed by atoms with Crippen LogP contribution in [0, 0.1) is 0 Å². The summed E-state index contributed by atoms with van der Waals surface area (Å²) in [4.78, 5) is 21.0. The fraction of sp³-hybridized carbons (Fsp3) is 0.667. The zero-order valence-corrected chi connectivity index (χ0v) is 7.18. The van der Waals surface area contributed by atoms with Gasteiger partial charge in [0.05, 0.1) is 0 Å². The molecule has 15 heavy (non-hydrogen) atoms. The maximum absolute atomic E-state index is 12.5. The lowest BCUT2D eigenvalue weighted by Gasteiger charge is -2.17. The Morgan fingerprint density at radius 2 is 1.27 bits per heavy atom. The number of rotatable bonds is 4. The fourth-order valence-corrected chi connectivity index (χ4v) is 0.370. The zero-order chi connectivity index (χ0) is 12.3. The van der Waals surface area contributed by atoms with Gasteiger partial charge in [-0.05, 0) is 0 Å². The monoisotopic (exact) mass is 230 g/mol. The molecule has 0 radical (unpaired) electrons. The topological polar surface area (TPSA) is 124 Å². The summed E-state index contributed by atoms with van der Waals surface area (Å²) in [5, 5.41) is 32.9. The van der Waals surface area contributed by atoms with Crippen molar-refractivity contribution in [3.8, 4) is 0 Å². The van der Waals surface area contributed by atoms with Crippen molar-refractivity contribution >= 4 is 11.9 Å². The van der Waals surface area contributed by atoms with E-state index in [1.807, 2.05) is 0 Å². The third kappa shape index (κ3) is 3.47. The van der Waals surface area contributed by atoms with Crippen LogP contribution < -0.4 is 0 Å². The van der Waals surface area contributed by atoms with Crippen LogP contribution in [0.3, 0.4) is 0 Å². The molecule has 88 valence electrons. The smallest absolute Gasteiger partial charge is 0.382 e. The Balaban J connectivity index is 4.51. The Hall–Kier alpha value is -1.16. The van der Waals surface area contributed by atoms with Crippen molar-refractivity contribution in [1.29, 1.82) is 0 Å². The van der Waals surface area contributed by atoms with Crippen molar-refractivity contribution < 1.29 is 43.5 Å². The van der Waals surface area contributed by atoms with Crippen molar-refractivity contribution in [3.05, 3.63) is 0 Å². The Morgan fingerprint density at radius 3 is 1.47 bits per heavy atom. The molecular weight excluding hydrogens is 222 g/mol. The molecule has 0 aliphatic heterocycles. The fourth-order valence-electron chi connectivity index (χ4n) is 0.370. The summed E-state index contributed by atoms with van der Waals surface area (Å²) < 4.78 is 28.3. The van der Waals surface area contributed by atoms with Crippen LogP contribution >= 0.6 is 0 Å². The highest BCUT2D eigenvalue weighted by molar-refractivity contribution is 5.92. The summed E-state index contributed by atoms with van der Waals surface area (Å²) in [6.07, 6.45) is 0. The Labute approximate surface area is 81.5 Å². The summed E-state index contributed by atoms with van der Waals surface area (Å²) >= 11 is 0. The molecular formula is C6H8F2O7. The average Bonchev–Trinajstić information content (AvgIpc) is 2.17. The van der Waals surface area contributed by atoms with E-state index >= 15 is 0 Å². The minimum atomic E-state index is -3.89. The first-order chi connectivity index (χ1) is 6.67. The first-order valence-corrected chi connectivity index (χ1v) is 3.48. The average molecular weight is 230 g/mol. The third-order valence-corrected chi connectivity index (χ3v) is 1.23. The van der Waals surface area contributed by atoms with Crippen LogP contribution in [0.1, 0.15) is 0 Å². The van der Waals surface area contributed by atoms with E-state index < -0.39 is 36.9 Å². The standard InChI is InChI=1S/C6H8F2O7/c7-5(13,1-9)3(11)15-4(12)6(8,14)2-10/h9-10,13-14H,1-2H2. The molecule has 0 fully saturated rings. The molecule has 0 spiro atoms. The highest BCUT2D eigenvalue weighted by atomic mass is 19.2. The van der Waals surface area contributed by atoms with Gasteiger partial charge in [-0.25, -0.2) is 9.59 Å². The number of hydrogen-bond acceptors (Lipinski definition) is 7. The van der Waals surface area contributed by atoms with Crippen molar-refractivity contribution in [2.24, 2.45) is 0 Å². The molecule has 0 amide bonds. The van der Waals surface area contributed by atoms with Gasteiger partial charge in [-0.1, -0.05) is 0 Å². The molecule has 0 rings (SSSR count). The number of carbonyl (C=O) groups is 2. The van der Waals surface area contributed by atoms with Crippen LogP contribution in [-0.2, 0) is 14.3 Å². The van der Waals surface area contributed by atoms with E-state index in [1.54, 1.807) is 0 Å². The molecule has 9 heteroatoms. The maximum atomic E-state index is 12.5. The van der Waals surface area contributed by atoms with E-state index in [0.29, 0.717) is 0 Å². The van der Waals surface area contributed by atoms with Crippen molar-refractivity contribution in [2.75, 3.05) is 13.2 Å². The number of carbonyl (C=O) groups excluding carboxylic acids is 2. The number of aliphatic hydroxyl groups excluding tert-OH is 2. The van der Waals surface area contributed by atoms with Crippen molar-refractivity contribution in [3.63, 3.8) is 0 Å². The van der Waals surface area contributed by atoms with Gasteiger partial charge >= 0.3 is 23.6 Å². The quantitative estimate of drug-likeness (QED) is 0.307. The van der Waals surface area contributed by atoms with Crippen LogP contribution in [-0.4, -0.2) is 57.3 Å². The maximum Gasteiger partial charge on any atom is 0.382 e. The van der Waals surface area contributed by atoms with Crippen LogP contribution in [0.15, 0.2) is 0 Å². The summed E-state index contributed by atoms with van der Waals surface area (Å²) in [5.41, 5.74) is 0. The van der Waals surface area contributed by atoms with E-state index in [1.165, 1.54) is 0 Å². The van der Waals surface area contributed by atoms with Crippen LogP contribution in [0.5, 0.6) is 0 Å². The lowest BCUT2D eigenvalue weighted by atomic mass is 10.3. The highest BCUT2D eigenvalue weighted by Crippen LogP contribution is 2.13. The number of aliphatic hydroxyl groups is 4. The van der Waals surface area contributed by atoms with Gasteiger partial charge in [0.2, 0.25) is 0 Å². The molecule has 0 aromatic rings. The zero-order valence-electron chi connectivity index (χ0n) is 7.18. The summed E-state index contributed by atoms with van der Waals surface area (Å²) in [6.45, 7) is -3.44. The minimum Gasteiger partial charge on any atom is -0.390 e. The number of ether oxygens (including phenoxy) is 1.